The molecule has 0 spiro atoms. The minimum atomic E-state index is 0.379. The van der Waals surface area contributed by atoms with E-state index in [2.05, 4.69) is 31.2 Å². The summed E-state index contributed by atoms with van der Waals surface area (Å²) in [6.07, 6.45) is 6.02. The first-order valence-corrected chi connectivity index (χ1v) is 5.38. The van der Waals surface area contributed by atoms with Gasteiger partial charge in [0.1, 0.15) is 0 Å². The summed E-state index contributed by atoms with van der Waals surface area (Å²) in [5, 5.41) is 9.21. The molecule has 0 unspecified atom stereocenters. The highest BCUT2D eigenvalue weighted by Crippen LogP contribution is 2.27. The van der Waals surface area contributed by atoms with Crippen molar-refractivity contribution in [1.29, 1.82) is 0 Å². The molecule has 0 heterocycles. The molecule has 2 rings (SSSR count). The molecule has 0 amide bonds. The van der Waals surface area contributed by atoms with Gasteiger partial charge in [-0.3, -0.25) is 0 Å². The lowest BCUT2D eigenvalue weighted by Crippen LogP contribution is -1.86. The van der Waals surface area contributed by atoms with E-state index in [1.807, 2.05) is 6.08 Å². The molecule has 0 aliphatic heterocycles. The number of aliphatic hydroxyl groups excluding tert-OH is 1. The van der Waals surface area contributed by atoms with Gasteiger partial charge in [0.15, 0.2) is 0 Å². The molecule has 1 aliphatic carbocycles. The Morgan fingerprint density at radius 2 is 2.27 bits per heavy atom. The number of hydrogen-bond acceptors (Lipinski definition) is 1. The van der Waals surface area contributed by atoms with Crippen LogP contribution in [-0.2, 0) is 12.8 Å². The standard InChI is InChI=1S/C14H16O/c1-3-11-4-5-13-8-12(6-10(2)15)9-14(13)7-11/h4-7,9,15H,3,8H2,1-2H3/b10-6-. The maximum absolute atomic E-state index is 9.21. The van der Waals surface area contributed by atoms with Crippen molar-refractivity contribution in [1.82, 2.24) is 0 Å². The van der Waals surface area contributed by atoms with Crippen LogP contribution in [0.25, 0.3) is 6.08 Å². The number of aliphatic hydroxyl groups is 1. The second-order valence-electron chi connectivity index (χ2n) is 4.07. The summed E-state index contributed by atoms with van der Waals surface area (Å²) in [6.45, 7) is 3.88. The van der Waals surface area contributed by atoms with Gasteiger partial charge < -0.3 is 5.11 Å². The largest absolute Gasteiger partial charge is 0.513 e. The van der Waals surface area contributed by atoms with Crippen molar-refractivity contribution in [2.75, 3.05) is 0 Å². The topological polar surface area (TPSA) is 20.2 Å². The maximum Gasteiger partial charge on any atom is 0.0894 e. The third-order valence-corrected chi connectivity index (χ3v) is 2.75. The monoisotopic (exact) mass is 200 g/mol. The Morgan fingerprint density at radius 3 is 2.93 bits per heavy atom. The van der Waals surface area contributed by atoms with E-state index < -0.39 is 0 Å². The van der Waals surface area contributed by atoms with Crippen LogP contribution in [0.5, 0.6) is 0 Å². The van der Waals surface area contributed by atoms with Gasteiger partial charge >= 0.3 is 0 Å². The fourth-order valence-corrected chi connectivity index (χ4v) is 1.99. The third kappa shape index (κ3) is 2.12. The molecule has 0 bridgehead atoms. The van der Waals surface area contributed by atoms with Crippen LogP contribution in [0.1, 0.15) is 30.5 Å². The van der Waals surface area contributed by atoms with Crippen LogP contribution in [0, 0.1) is 0 Å². The highest BCUT2D eigenvalue weighted by atomic mass is 16.3. The van der Waals surface area contributed by atoms with Gasteiger partial charge in [0.2, 0.25) is 0 Å². The predicted octanol–water partition coefficient (Wildman–Crippen LogP) is 3.65. The quantitative estimate of drug-likeness (QED) is 0.722. The molecule has 1 nitrogen and oxygen atoms in total. The minimum absolute atomic E-state index is 0.379. The van der Waals surface area contributed by atoms with Crippen molar-refractivity contribution >= 4 is 6.08 Å². The normalized spacial score (nSPS) is 15.1. The van der Waals surface area contributed by atoms with E-state index in [0.717, 1.165) is 12.8 Å². The average molecular weight is 200 g/mol. The summed E-state index contributed by atoms with van der Waals surface area (Å²) in [5.74, 6) is 0.379. The number of allylic oxidation sites excluding steroid dienone is 3. The fourth-order valence-electron chi connectivity index (χ4n) is 1.99. The molecule has 0 fully saturated rings. The van der Waals surface area contributed by atoms with Crippen LogP contribution in [-0.4, -0.2) is 5.11 Å². The molecule has 1 aromatic rings. The number of rotatable bonds is 2. The van der Waals surface area contributed by atoms with Crippen LogP contribution >= 0.6 is 0 Å². The predicted molar refractivity (Wildman–Crippen MR) is 63.9 cm³/mol. The third-order valence-electron chi connectivity index (χ3n) is 2.75. The Balaban J connectivity index is 2.32. The Bertz CT molecular complexity index is 435. The Labute approximate surface area is 90.8 Å². The van der Waals surface area contributed by atoms with E-state index in [1.165, 1.54) is 22.3 Å². The van der Waals surface area contributed by atoms with E-state index in [4.69, 9.17) is 0 Å². The second kappa shape index (κ2) is 3.93. The lowest BCUT2D eigenvalue weighted by molar-refractivity contribution is 0.414. The molecule has 1 heteroatoms. The lowest BCUT2D eigenvalue weighted by Gasteiger charge is -2.01. The van der Waals surface area contributed by atoms with Gasteiger partial charge in [-0.25, -0.2) is 0 Å². The molecule has 0 radical (unpaired) electrons. The smallest absolute Gasteiger partial charge is 0.0894 e. The average Bonchev–Trinajstić information content (AvgIpc) is 2.57. The molecule has 1 aliphatic rings. The lowest BCUT2D eigenvalue weighted by atomic mass is 10.0. The highest BCUT2D eigenvalue weighted by molar-refractivity contribution is 5.67. The Hall–Kier alpha value is -1.50. The van der Waals surface area contributed by atoms with Gasteiger partial charge in [0.05, 0.1) is 5.76 Å². The Kier molecular flexibility index (Phi) is 2.63. The molecule has 0 saturated heterocycles. The second-order valence-corrected chi connectivity index (χ2v) is 4.07. The van der Waals surface area contributed by atoms with Crippen LogP contribution in [0.2, 0.25) is 0 Å². The first-order valence-electron chi connectivity index (χ1n) is 5.38. The molecule has 1 N–H and O–H groups in total. The first-order chi connectivity index (χ1) is 7.19. The Morgan fingerprint density at radius 1 is 1.47 bits per heavy atom. The van der Waals surface area contributed by atoms with Crippen molar-refractivity contribution in [2.24, 2.45) is 0 Å². The van der Waals surface area contributed by atoms with Gasteiger partial charge in [-0.15, -0.1) is 0 Å². The summed E-state index contributed by atoms with van der Waals surface area (Å²) in [6, 6.07) is 6.62. The maximum atomic E-state index is 9.21. The fraction of sp³-hybridized carbons (Fsp3) is 0.286. The van der Waals surface area contributed by atoms with Gasteiger partial charge in [0.25, 0.3) is 0 Å². The highest BCUT2D eigenvalue weighted by Gasteiger charge is 2.11. The molecule has 0 saturated carbocycles. The summed E-state index contributed by atoms with van der Waals surface area (Å²) in [4.78, 5) is 0. The number of benzene rings is 1. The van der Waals surface area contributed by atoms with Gasteiger partial charge in [-0.2, -0.15) is 0 Å². The first kappa shape index (κ1) is 10.0. The molecular weight excluding hydrogens is 184 g/mol. The number of aryl methyl sites for hydroxylation is 1. The van der Waals surface area contributed by atoms with Crippen LogP contribution in [0.4, 0.5) is 0 Å². The summed E-state index contributed by atoms with van der Waals surface area (Å²) < 4.78 is 0. The van der Waals surface area contributed by atoms with E-state index in [0.29, 0.717) is 5.76 Å². The van der Waals surface area contributed by atoms with Crippen molar-refractivity contribution < 1.29 is 5.11 Å². The SMILES string of the molecule is CCc1ccc2c(c1)C=C(/C=C(/C)O)C2. The molecule has 1 aromatic carbocycles. The minimum Gasteiger partial charge on any atom is -0.513 e. The van der Waals surface area contributed by atoms with Gasteiger partial charge in [0, 0.05) is 0 Å². The molecule has 0 atom stereocenters. The molecular formula is C14H16O. The van der Waals surface area contributed by atoms with Crippen molar-refractivity contribution in [2.45, 2.75) is 26.7 Å². The van der Waals surface area contributed by atoms with Crippen LogP contribution in [0.3, 0.4) is 0 Å². The van der Waals surface area contributed by atoms with E-state index in [9.17, 15) is 5.11 Å². The van der Waals surface area contributed by atoms with Crippen molar-refractivity contribution in [3.8, 4) is 0 Å². The zero-order valence-corrected chi connectivity index (χ0v) is 9.25. The summed E-state index contributed by atoms with van der Waals surface area (Å²) in [5.41, 5.74) is 5.23. The zero-order chi connectivity index (χ0) is 10.8. The zero-order valence-electron chi connectivity index (χ0n) is 9.25. The van der Waals surface area contributed by atoms with E-state index in [-0.39, 0.29) is 0 Å². The molecule has 78 valence electrons. The van der Waals surface area contributed by atoms with Gasteiger partial charge in [-0.05, 0) is 48.1 Å². The molecule has 15 heavy (non-hydrogen) atoms. The number of hydrogen-bond donors (Lipinski definition) is 1. The van der Waals surface area contributed by atoms with Crippen molar-refractivity contribution in [3.63, 3.8) is 0 Å². The van der Waals surface area contributed by atoms with E-state index >= 15 is 0 Å². The van der Waals surface area contributed by atoms with Crippen molar-refractivity contribution in [3.05, 3.63) is 52.3 Å². The van der Waals surface area contributed by atoms with Crippen LogP contribution in [0.15, 0.2) is 35.6 Å². The van der Waals surface area contributed by atoms with Gasteiger partial charge in [-0.1, -0.05) is 31.2 Å². The number of fused-ring (bicyclic) bond motifs is 1. The molecule has 0 aromatic heterocycles. The van der Waals surface area contributed by atoms with Crippen LogP contribution < -0.4 is 0 Å². The summed E-state index contributed by atoms with van der Waals surface area (Å²) in [7, 11) is 0. The summed E-state index contributed by atoms with van der Waals surface area (Å²) >= 11 is 0. The van der Waals surface area contributed by atoms with E-state index in [1.54, 1.807) is 6.92 Å².